The molecule has 0 unspecified atom stereocenters. The molecule has 2 aromatic carbocycles. The minimum atomic E-state index is 0. The third kappa shape index (κ3) is 49.9. The Hall–Kier alpha value is -2.44. The number of unbranched alkanes of at least 4 members (excludes halogenated alkanes) is 47. The van der Waals surface area contributed by atoms with Crippen LogP contribution in [0.15, 0.2) is 58.5 Å². The maximum atomic E-state index is 5.29. The molecule has 0 radical (unpaired) electrons. The van der Waals surface area contributed by atoms with Gasteiger partial charge in [-0.25, -0.2) is 0 Å². The normalized spacial score (nSPS) is 11.5. The molecule has 0 N–H and O–H groups in total. The van der Waals surface area contributed by atoms with Gasteiger partial charge in [-0.2, -0.15) is 0 Å². The van der Waals surface area contributed by atoms with Crippen LogP contribution in [0.5, 0.6) is 0 Å². The molecule has 0 amide bonds. The summed E-state index contributed by atoms with van der Waals surface area (Å²) in [5.41, 5.74) is 5.89. The van der Waals surface area contributed by atoms with Gasteiger partial charge in [0.1, 0.15) is 0 Å². The number of benzene rings is 2. The second-order valence-corrected chi connectivity index (χ2v) is 24.0. The van der Waals surface area contributed by atoms with E-state index in [0.29, 0.717) is 0 Å². The summed E-state index contributed by atoms with van der Waals surface area (Å²) in [6, 6.07) is 17.5. The van der Waals surface area contributed by atoms with E-state index in [1.54, 1.807) is 0 Å². The van der Waals surface area contributed by atoms with E-state index in [1.807, 2.05) is 0 Å². The smallest absolute Gasteiger partial charge is 0.0665 e. The SMILES string of the molecule is CCCCCCCCCCCCCCCCCCCCCCCC#CCCCc1ccccc1N=CC(CCCCCC)=Nc1ccccc1CCCC#CCCCCCCCCCCCCCCCCCCCCCCC.[Pd]. The maximum absolute atomic E-state index is 5.29. The summed E-state index contributed by atoms with van der Waals surface area (Å²) in [5.74, 6) is 14.0. The Morgan fingerprint density at radius 3 is 0.886 bits per heavy atom. The van der Waals surface area contributed by atoms with Crippen LogP contribution < -0.4 is 0 Å². The molecular formula is C76H128N2Pd. The van der Waals surface area contributed by atoms with E-state index in [1.165, 1.54) is 300 Å². The van der Waals surface area contributed by atoms with Crippen molar-refractivity contribution >= 4 is 23.3 Å². The Balaban J connectivity index is 0.0000312. The molecule has 2 aromatic rings. The first-order valence-electron chi connectivity index (χ1n) is 35.0. The summed E-state index contributed by atoms with van der Waals surface area (Å²) >= 11 is 0. The van der Waals surface area contributed by atoms with Crippen molar-refractivity contribution in [2.75, 3.05) is 0 Å². The first-order chi connectivity index (χ1) is 38.8. The minimum Gasteiger partial charge on any atom is -0.255 e. The van der Waals surface area contributed by atoms with Gasteiger partial charge in [0.2, 0.25) is 0 Å². The zero-order valence-electron chi connectivity index (χ0n) is 52.8. The largest absolute Gasteiger partial charge is 0.255 e. The molecule has 0 aliphatic rings. The van der Waals surface area contributed by atoms with Crippen LogP contribution in [-0.4, -0.2) is 11.9 Å². The first kappa shape index (κ1) is 74.6. The number of para-hydroxylation sites is 2. The van der Waals surface area contributed by atoms with Crippen LogP contribution in [0.4, 0.5) is 11.4 Å². The molecule has 0 spiro atoms. The average molecular weight is 1180 g/mol. The van der Waals surface area contributed by atoms with Gasteiger partial charge in [-0.1, -0.05) is 333 Å². The average Bonchev–Trinajstić information content (AvgIpc) is 3.46. The second-order valence-electron chi connectivity index (χ2n) is 24.0. The van der Waals surface area contributed by atoms with Gasteiger partial charge in [0.15, 0.2) is 0 Å². The van der Waals surface area contributed by atoms with Crippen LogP contribution >= 0.6 is 0 Å². The van der Waals surface area contributed by atoms with Gasteiger partial charge >= 0.3 is 0 Å². The molecule has 0 saturated carbocycles. The molecule has 0 aliphatic heterocycles. The van der Waals surface area contributed by atoms with Crippen molar-refractivity contribution < 1.29 is 20.4 Å². The van der Waals surface area contributed by atoms with Gasteiger partial charge in [0, 0.05) is 52.3 Å². The van der Waals surface area contributed by atoms with Crippen molar-refractivity contribution in [1.29, 1.82) is 0 Å². The van der Waals surface area contributed by atoms with E-state index in [9.17, 15) is 0 Å². The van der Waals surface area contributed by atoms with Crippen molar-refractivity contribution in [3.05, 3.63) is 59.7 Å². The predicted octanol–water partition coefficient (Wildman–Crippen LogP) is 26.0. The number of nitrogens with zero attached hydrogens (tertiary/aromatic N) is 2. The predicted molar refractivity (Wildman–Crippen MR) is 353 cm³/mol. The monoisotopic (exact) mass is 1170 g/mol. The molecule has 0 atom stereocenters. The summed E-state index contributed by atoms with van der Waals surface area (Å²) < 4.78 is 0. The van der Waals surface area contributed by atoms with Gasteiger partial charge in [-0.05, 0) is 74.6 Å². The van der Waals surface area contributed by atoms with Gasteiger partial charge < -0.3 is 0 Å². The Bertz CT molecular complexity index is 1770. The van der Waals surface area contributed by atoms with Crippen molar-refractivity contribution in [2.24, 2.45) is 9.98 Å². The summed E-state index contributed by atoms with van der Waals surface area (Å²) in [6.45, 7) is 6.90. The quantitative estimate of drug-likeness (QED) is 0.0273. The molecular weight excluding hydrogens is 1050 g/mol. The Morgan fingerprint density at radius 1 is 0.304 bits per heavy atom. The number of rotatable bonds is 56. The Morgan fingerprint density at radius 2 is 0.557 bits per heavy atom. The van der Waals surface area contributed by atoms with Gasteiger partial charge in [0.25, 0.3) is 0 Å². The standard InChI is InChI=1S/C76H128N2.Pd/c1-4-7-10-13-15-17-19-21-23-25-27-29-31-33-35-37-39-41-43-45-47-49-51-53-55-57-64-72-66-60-62-69-75(72)77-71-74(68-59-12-9-6-3)78-76-70-63-61-67-73(76)65-58-56-54-52-50-48-46-44-42-40-38-36-34-32-30-28-26-24-22-20-18-16-14-11-8-5-2;/h60-63,66-67,69-71H,4-50,55-59,64-65,68H2,1-3H3;. The molecule has 0 aliphatic carbocycles. The zero-order chi connectivity index (χ0) is 55.4. The molecule has 0 saturated heterocycles. The molecule has 3 heteroatoms. The van der Waals surface area contributed by atoms with Crippen LogP contribution in [0.1, 0.15) is 372 Å². The fourth-order valence-electron chi connectivity index (χ4n) is 11.2. The van der Waals surface area contributed by atoms with Gasteiger partial charge in [-0.3, -0.25) is 9.98 Å². The number of hydrogen-bond donors (Lipinski definition) is 0. The Labute approximate surface area is 507 Å². The molecule has 0 fully saturated rings. The van der Waals surface area contributed by atoms with Gasteiger partial charge in [-0.15, -0.1) is 23.7 Å². The van der Waals surface area contributed by atoms with E-state index in [0.717, 1.165) is 81.3 Å². The summed E-state index contributed by atoms with van der Waals surface area (Å²) in [5, 5.41) is 0. The fourth-order valence-corrected chi connectivity index (χ4v) is 11.2. The van der Waals surface area contributed by atoms with E-state index in [2.05, 4.69) is 99.2 Å². The maximum Gasteiger partial charge on any atom is 0.0665 e. The first-order valence-corrected chi connectivity index (χ1v) is 35.0. The third-order valence-electron chi connectivity index (χ3n) is 16.4. The number of hydrogen-bond acceptors (Lipinski definition) is 2. The Kier molecular flexibility index (Phi) is 58.2. The molecule has 2 nitrogen and oxygen atoms in total. The number of aliphatic imine (C=N–C) groups is 2. The van der Waals surface area contributed by atoms with Crippen LogP contribution in [0.25, 0.3) is 0 Å². The topological polar surface area (TPSA) is 24.7 Å². The van der Waals surface area contributed by atoms with E-state index >= 15 is 0 Å². The molecule has 0 bridgehead atoms. The molecule has 452 valence electrons. The van der Waals surface area contributed by atoms with Crippen molar-refractivity contribution in [1.82, 2.24) is 0 Å². The molecule has 0 aromatic heterocycles. The van der Waals surface area contributed by atoms with Crippen LogP contribution in [0.2, 0.25) is 0 Å². The fraction of sp³-hybridized carbons (Fsp3) is 0.763. The molecule has 0 heterocycles. The number of aryl methyl sites for hydroxylation is 2. The van der Waals surface area contributed by atoms with Crippen LogP contribution in [0.3, 0.4) is 0 Å². The van der Waals surface area contributed by atoms with E-state index in [4.69, 9.17) is 9.98 Å². The molecule has 79 heavy (non-hydrogen) atoms. The second kappa shape index (κ2) is 61.6. The van der Waals surface area contributed by atoms with Crippen LogP contribution in [-0.2, 0) is 33.3 Å². The summed E-state index contributed by atoms with van der Waals surface area (Å²) in [7, 11) is 0. The van der Waals surface area contributed by atoms with Crippen molar-refractivity contribution in [2.45, 2.75) is 374 Å². The van der Waals surface area contributed by atoms with E-state index in [-0.39, 0.29) is 20.4 Å². The summed E-state index contributed by atoms with van der Waals surface area (Å²) in [6.07, 6.45) is 76.2. The van der Waals surface area contributed by atoms with Crippen LogP contribution in [0, 0.1) is 23.7 Å². The zero-order valence-corrected chi connectivity index (χ0v) is 54.4. The summed E-state index contributed by atoms with van der Waals surface area (Å²) in [4.78, 5) is 10.4. The van der Waals surface area contributed by atoms with Crippen molar-refractivity contribution in [3.63, 3.8) is 0 Å². The van der Waals surface area contributed by atoms with E-state index < -0.39 is 0 Å². The third-order valence-corrected chi connectivity index (χ3v) is 16.4. The molecule has 2 rings (SSSR count). The van der Waals surface area contributed by atoms with Gasteiger partial charge in [0.05, 0.1) is 17.1 Å². The van der Waals surface area contributed by atoms with Crippen molar-refractivity contribution in [3.8, 4) is 23.7 Å². The minimum absolute atomic E-state index is 0.